The predicted molar refractivity (Wildman–Crippen MR) is 185 cm³/mol. The van der Waals surface area contributed by atoms with Crippen LogP contribution in [0.3, 0.4) is 0 Å². The molecule has 3 amide bonds. The zero-order valence-electron chi connectivity index (χ0n) is 28.1. The predicted octanol–water partition coefficient (Wildman–Crippen LogP) is 5.69. The van der Waals surface area contributed by atoms with Crippen LogP contribution in [-0.2, 0) is 21.7 Å². The third-order valence-corrected chi connectivity index (χ3v) is 8.36. The first kappa shape index (κ1) is 37.7. The van der Waals surface area contributed by atoms with Gasteiger partial charge in [-0.2, -0.15) is 28.1 Å². The second-order valence-corrected chi connectivity index (χ2v) is 12.6. The molecule has 1 aliphatic rings. The Hall–Kier alpha value is -5.51. The average Bonchev–Trinajstić information content (AvgIpc) is 3.90. The van der Waals surface area contributed by atoms with Crippen molar-refractivity contribution >= 4 is 46.9 Å². The summed E-state index contributed by atoms with van der Waals surface area (Å²) in [4.78, 5) is 52.9. The summed E-state index contributed by atoms with van der Waals surface area (Å²) >= 11 is 6.03. The largest absolute Gasteiger partial charge is 0.454 e. The number of rotatable bonds is 14. The average molecular weight is 743 g/mol. The van der Waals surface area contributed by atoms with E-state index in [-0.39, 0.29) is 37.4 Å². The van der Waals surface area contributed by atoms with Crippen molar-refractivity contribution < 1.29 is 36.7 Å². The molecular formula is C35H35ClF4N8O4. The molecule has 52 heavy (non-hydrogen) atoms. The molecule has 0 unspecified atom stereocenters. The Morgan fingerprint density at radius 1 is 0.865 bits per heavy atom. The standard InChI is InChI=1S/C35H35ClF4N8O4/c1-47(18-3-19-48(2)30(51)28(49)41-20-22-4-12-26(37)13-5-22)29(50)23-6-14-27(15-7-23)42-31-43-32(45-33(44-31)52-21-35(38,39)40)46-34(16-17-34)24-8-10-25(36)11-9-24/h4-15H,3,16-21H2,1-2H3,(H,41,49)(H2,42,43,44,45,46). The van der Waals surface area contributed by atoms with Gasteiger partial charge >= 0.3 is 24.0 Å². The number of hydrogen-bond donors (Lipinski definition) is 3. The Morgan fingerprint density at radius 2 is 1.50 bits per heavy atom. The van der Waals surface area contributed by atoms with Crippen molar-refractivity contribution in [3.05, 3.63) is 100 Å². The van der Waals surface area contributed by atoms with Crippen LogP contribution in [0.2, 0.25) is 5.02 Å². The number of amides is 3. The fraction of sp³-hybridized carbons (Fsp3) is 0.314. The monoisotopic (exact) mass is 742 g/mol. The number of anilines is 3. The summed E-state index contributed by atoms with van der Waals surface area (Å²) in [6.45, 7) is -1.03. The Labute approximate surface area is 301 Å². The Kier molecular flexibility index (Phi) is 11.8. The molecule has 0 aliphatic heterocycles. The van der Waals surface area contributed by atoms with Crippen LogP contribution in [0.25, 0.3) is 0 Å². The third kappa shape index (κ3) is 10.5. The van der Waals surface area contributed by atoms with Gasteiger partial charge in [0.25, 0.3) is 5.91 Å². The first-order chi connectivity index (χ1) is 24.7. The lowest BCUT2D eigenvalue weighted by atomic mass is 10.1. The normalized spacial score (nSPS) is 13.1. The van der Waals surface area contributed by atoms with Crippen LogP contribution < -0.4 is 20.7 Å². The number of carbonyl (C=O) groups is 3. The second kappa shape index (κ2) is 16.2. The topological polar surface area (TPSA) is 142 Å². The molecule has 5 rings (SSSR count). The second-order valence-electron chi connectivity index (χ2n) is 12.2. The van der Waals surface area contributed by atoms with Crippen LogP contribution in [0.5, 0.6) is 6.01 Å². The molecule has 12 nitrogen and oxygen atoms in total. The maximum atomic E-state index is 13.1. The zero-order chi connectivity index (χ0) is 37.5. The van der Waals surface area contributed by atoms with E-state index in [2.05, 4.69) is 30.9 Å². The van der Waals surface area contributed by atoms with E-state index in [4.69, 9.17) is 16.3 Å². The number of ether oxygens (including phenoxy) is 1. The lowest BCUT2D eigenvalue weighted by Crippen LogP contribution is -2.41. The van der Waals surface area contributed by atoms with Gasteiger partial charge in [-0.1, -0.05) is 35.9 Å². The van der Waals surface area contributed by atoms with E-state index < -0.39 is 42.0 Å². The SMILES string of the molecule is CN(CCCN(C)C(=O)c1ccc(Nc2nc(NC3(c4ccc(Cl)cc4)CC3)nc(OCC(F)(F)F)n2)cc1)C(=O)C(=O)NCc1ccc(F)cc1. The van der Waals surface area contributed by atoms with Gasteiger partial charge in [-0.05, 0) is 78.9 Å². The van der Waals surface area contributed by atoms with Crippen molar-refractivity contribution in [2.45, 2.75) is 37.5 Å². The highest BCUT2D eigenvalue weighted by atomic mass is 35.5. The number of benzene rings is 3. The molecule has 1 heterocycles. The summed E-state index contributed by atoms with van der Waals surface area (Å²) in [5.41, 5.74) is 1.82. The highest BCUT2D eigenvalue weighted by Crippen LogP contribution is 2.48. The van der Waals surface area contributed by atoms with Gasteiger partial charge in [-0.15, -0.1) is 0 Å². The maximum Gasteiger partial charge on any atom is 0.422 e. The number of alkyl halides is 3. The lowest BCUT2D eigenvalue weighted by Gasteiger charge is -2.21. The zero-order valence-corrected chi connectivity index (χ0v) is 28.9. The van der Waals surface area contributed by atoms with E-state index in [9.17, 15) is 31.9 Å². The molecule has 4 aromatic rings. The molecule has 3 aromatic carbocycles. The molecule has 0 radical (unpaired) electrons. The molecule has 0 saturated heterocycles. The van der Waals surface area contributed by atoms with Crippen molar-refractivity contribution in [2.24, 2.45) is 0 Å². The molecule has 17 heteroatoms. The molecule has 274 valence electrons. The number of carbonyl (C=O) groups excluding carboxylic acids is 3. The molecule has 0 spiro atoms. The Balaban J connectivity index is 1.15. The summed E-state index contributed by atoms with van der Waals surface area (Å²) in [7, 11) is 3.08. The number of nitrogens with zero attached hydrogens (tertiary/aromatic N) is 5. The minimum atomic E-state index is -4.61. The molecule has 1 aliphatic carbocycles. The molecule has 1 fully saturated rings. The summed E-state index contributed by atoms with van der Waals surface area (Å²) in [6.07, 6.45) is -2.75. The van der Waals surface area contributed by atoms with Gasteiger partial charge in [0.15, 0.2) is 6.61 Å². The number of hydrogen-bond acceptors (Lipinski definition) is 9. The summed E-state index contributed by atoms with van der Waals surface area (Å²) in [5, 5.41) is 9.20. The van der Waals surface area contributed by atoms with Crippen LogP contribution in [0.1, 0.15) is 40.7 Å². The molecular weight excluding hydrogens is 708 g/mol. The molecule has 1 aromatic heterocycles. The third-order valence-electron chi connectivity index (χ3n) is 8.11. The first-order valence-corrected chi connectivity index (χ1v) is 16.5. The summed E-state index contributed by atoms with van der Waals surface area (Å²) in [5.74, 6) is -2.33. The van der Waals surface area contributed by atoms with Gasteiger partial charge in [0.1, 0.15) is 5.82 Å². The minimum Gasteiger partial charge on any atom is -0.454 e. The fourth-order valence-electron chi connectivity index (χ4n) is 5.10. The quantitative estimate of drug-likeness (QED) is 0.110. The Morgan fingerprint density at radius 3 is 2.13 bits per heavy atom. The van der Waals surface area contributed by atoms with Crippen LogP contribution >= 0.6 is 11.6 Å². The van der Waals surface area contributed by atoms with Gasteiger partial charge in [-0.3, -0.25) is 14.4 Å². The van der Waals surface area contributed by atoms with Crippen molar-refractivity contribution in [2.75, 3.05) is 44.4 Å². The smallest absolute Gasteiger partial charge is 0.422 e. The number of nitrogens with one attached hydrogen (secondary N) is 3. The summed E-state index contributed by atoms with van der Waals surface area (Å²) < 4.78 is 56.7. The van der Waals surface area contributed by atoms with Gasteiger partial charge in [0, 0.05) is 50.0 Å². The number of likely N-dealkylation sites (N-methyl/N-ethyl adjacent to an activating group) is 1. The molecule has 0 bridgehead atoms. The first-order valence-electron chi connectivity index (χ1n) is 16.1. The van der Waals surface area contributed by atoms with Crippen LogP contribution in [0.15, 0.2) is 72.8 Å². The van der Waals surface area contributed by atoms with Crippen LogP contribution in [0, 0.1) is 5.82 Å². The van der Waals surface area contributed by atoms with Gasteiger partial charge in [-0.25, -0.2) is 4.39 Å². The van der Waals surface area contributed by atoms with E-state index in [0.29, 0.717) is 28.3 Å². The number of aromatic nitrogens is 3. The van der Waals surface area contributed by atoms with Crippen molar-refractivity contribution in [1.29, 1.82) is 0 Å². The lowest BCUT2D eigenvalue weighted by molar-refractivity contribution is -0.154. The molecule has 1 saturated carbocycles. The van der Waals surface area contributed by atoms with Crippen molar-refractivity contribution in [1.82, 2.24) is 30.1 Å². The van der Waals surface area contributed by atoms with E-state index in [1.165, 1.54) is 41.1 Å². The maximum absolute atomic E-state index is 13.1. The Bertz CT molecular complexity index is 1880. The fourth-order valence-corrected chi connectivity index (χ4v) is 5.23. The number of halogens is 5. The van der Waals surface area contributed by atoms with E-state index in [1.54, 1.807) is 43.4 Å². The van der Waals surface area contributed by atoms with E-state index >= 15 is 0 Å². The van der Waals surface area contributed by atoms with E-state index in [1.807, 2.05) is 12.1 Å². The van der Waals surface area contributed by atoms with Crippen LogP contribution in [-0.4, -0.2) is 82.4 Å². The molecule has 0 atom stereocenters. The minimum absolute atomic E-state index is 0.00789. The summed E-state index contributed by atoms with van der Waals surface area (Å²) in [6, 6.07) is 18.5. The van der Waals surface area contributed by atoms with Gasteiger partial charge < -0.3 is 30.5 Å². The van der Waals surface area contributed by atoms with Crippen LogP contribution in [0.4, 0.5) is 35.1 Å². The molecule has 3 N–H and O–H groups in total. The van der Waals surface area contributed by atoms with Crippen molar-refractivity contribution in [3.8, 4) is 6.01 Å². The van der Waals surface area contributed by atoms with Crippen molar-refractivity contribution in [3.63, 3.8) is 0 Å². The van der Waals surface area contributed by atoms with E-state index in [0.717, 1.165) is 18.4 Å². The highest BCUT2D eigenvalue weighted by molar-refractivity contribution is 6.34. The highest BCUT2D eigenvalue weighted by Gasteiger charge is 2.45. The van der Waals surface area contributed by atoms with Gasteiger partial charge in [0.2, 0.25) is 11.9 Å². The van der Waals surface area contributed by atoms with Gasteiger partial charge in [0.05, 0.1) is 5.54 Å².